The van der Waals surface area contributed by atoms with Crippen LogP contribution in [-0.2, 0) is 6.54 Å². The molecule has 0 spiro atoms. The summed E-state index contributed by atoms with van der Waals surface area (Å²) in [5.41, 5.74) is 1.70. The van der Waals surface area contributed by atoms with Crippen LogP contribution in [-0.4, -0.2) is 11.7 Å². The van der Waals surface area contributed by atoms with Crippen molar-refractivity contribution in [1.82, 2.24) is 4.57 Å². The third kappa shape index (κ3) is 6.30. The highest BCUT2D eigenvalue weighted by molar-refractivity contribution is 9.10. The topological polar surface area (TPSA) is 14.2 Å². The number of nitrogens with zero attached hydrogens (tertiary/aromatic N) is 1. The van der Waals surface area contributed by atoms with E-state index in [-0.39, 0.29) is 0 Å². The maximum absolute atomic E-state index is 5.59. The average molecular weight is 493 g/mol. The Kier molecular flexibility index (Phi) is 10.5. The molecule has 2 nitrogen and oxygen atoms in total. The van der Waals surface area contributed by atoms with Crippen LogP contribution in [0.15, 0.2) is 28.9 Å². The lowest BCUT2D eigenvalue weighted by Crippen LogP contribution is -2.38. The van der Waals surface area contributed by atoms with Crippen LogP contribution in [0.5, 0.6) is 5.75 Å². The number of aromatic nitrogens is 1. The fraction of sp³-hybridized carbons (Fsp3) is 0.714. The number of methoxy groups -OCH3 is 1. The van der Waals surface area contributed by atoms with Crippen molar-refractivity contribution in [1.29, 1.82) is 0 Å². The van der Waals surface area contributed by atoms with Crippen molar-refractivity contribution in [2.45, 2.75) is 99.5 Å². The molecule has 0 saturated carbocycles. The molecule has 0 radical (unpaired) electrons. The lowest BCUT2D eigenvalue weighted by molar-refractivity contribution is 0.0356. The zero-order chi connectivity index (χ0) is 23.0. The van der Waals surface area contributed by atoms with Gasteiger partial charge in [-0.25, -0.2) is 0 Å². The molecule has 1 aromatic heterocycles. The second kappa shape index (κ2) is 12.3. The molecule has 0 aliphatic rings. The zero-order valence-electron chi connectivity index (χ0n) is 21.1. The Hall–Kier alpha value is -0.960. The van der Waals surface area contributed by atoms with Crippen LogP contribution in [0.4, 0.5) is 0 Å². The van der Waals surface area contributed by atoms with Gasteiger partial charge in [-0.2, -0.15) is 0 Å². The van der Waals surface area contributed by atoms with E-state index in [0.717, 1.165) is 34.5 Å². The van der Waals surface area contributed by atoms with E-state index in [9.17, 15) is 0 Å². The second-order valence-electron chi connectivity index (χ2n) is 10.3. The summed E-state index contributed by atoms with van der Waals surface area (Å²) in [5, 5.41) is 1.24. The van der Waals surface area contributed by atoms with Crippen molar-refractivity contribution in [2.75, 3.05) is 7.11 Å². The van der Waals surface area contributed by atoms with Crippen molar-refractivity contribution >= 4 is 26.8 Å². The van der Waals surface area contributed by atoms with Crippen molar-refractivity contribution < 1.29 is 4.74 Å². The number of aryl methyl sites for hydroxylation is 1. The van der Waals surface area contributed by atoms with Gasteiger partial charge in [-0.1, -0.05) is 96.0 Å². The maximum atomic E-state index is 5.59. The Morgan fingerprint density at radius 1 is 0.806 bits per heavy atom. The first-order valence-electron chi connectivity index (χ1n) is 12.6. The van der Waals surface area contributed by atoms with Gasteiger partial charge in [0.05, 0.1) is 12.6 Å². The van der Waals surface area contributed by atoms with Crippen LogP contribution in [0.25, 0.3) is 10.9 Å². The fourth-order valence-electron chi connectivity index (χ4n) is 6.07. The molecule has 0 fully saturated rings. The molecular weight excluding hydrogens is 446 g/mol. The monoisotopic (exact) mass is 491 g/mol. The third-order valence-corrected chi connectivity index (χ3v) is 8.48. The highest BCUT2D eigenvalue weighted by Gasteiger charge is 2.39. The number of fused-ring (bicyclic) bond motifs is 1. The third-order valence-electron chi connectivity index (χ3n) is 7.79. The first kappa shape index (κ1) is 26.3. The SMILES string of the molecule is COc1ccc(Br)c2ccn(CCCCCCCCCC(C(C)C)(C(C)C)C(C)C)c12. The largest absolute Gasteiger partial charge is 0.495 e. The van der Waals surface area contributed by atoms with E-state index in [1.54, 1.807) is 7.11 Å². The van der Waals surface area contributed by atoms with Crippen molar-refractivity contribution in [3.05, 3.63) is 28.9 Å². The van der Waals surface area contributed by atoms with Gasteiger partial charge in [-0.05, 0) is 54.2 Å². The molecule has 0 amide bonds. The van der Waals surface area contributed by atoms with Gasteiger partial charge in [0, 0.05) is 22.6 Å². The number of rotatable bonds is 14. The molecule has 0 unspecified atom stereocenters. The van der Waals surface area contributed by atoms with E-state index in [2.05, 4.69) is 86.4 Å². The number of hydrogen-bond donors (Lipinski definition) is 0. The van der Waals surface area contributed by atoms with Crippen LogP contribution in [0.1, 0.15) is 92.9 Å². The predicted octanol–water partition coefficient (Wildman–Crippen LogP) is 9.49. The second-order valence-corrected chi connectivity index (χ2v) is 11.2. The number of benzene rings is 1. The molecule has 0 saturated heterocycles. The maximum Gasteiger partial charge on any atom is 0.143 e. The molecular formula is C28H46BrNO. The molecule has 176 valence electrons. The summed E-state index contributed by atoms with van der Waals surface area (Å²) >= 11 is 3.66. The number of hydrogen-bond acceptors (Lipinski definition) is 1. The van der Waals surface area contributed by atoms with Crippen molar-refractivity contribution in [3.8, 4) is 5.75 Å². The average Bonchev–Trinajstić information content (AvgIpc) is 3.14. The first-order valence-corrected chi connectivity index (χ1v) is 13.4. The van der Waals surface area contributed by atoms with Gasteiger partial charge in [-0.15, -0.1) is 0 Å². The molecule has 0 aliphatic heterocycles. The van der Waals surface area contributed by atoms with Crippen LogP contribution >= 0.6 is 15.9 Å². The summed E-state index contributed by atoms with van der Waals surface area (Å²) in [6, 6.07) is 6.31. The Balaban J connectivity index is 1.70. The molecule has 1 heterocycles. The van der Waals surface area contributed by atoms with E-state index in [0.29, 0.717) is 5.41 Å². The fourth-order valence-corrected chi connectivity index (χ4v) is 6.52. The Bertz CT molecular complexity index is 768. The van der Waals surface area contributed by atoms with Crippen LogP contribution < -0.4 is 4.74 Å². The summed E-state index contributed by atoms with van der Waals surface area (Å²) in [4.78, 5) is 0. The summed E-state index contributed by atoms with van der Waals surface area (Å²) in [6.45, 7) is 15.7. The molecule has 0 N–H and O–H groups in total. The molecule has 0 atom stereocenters. The van der Waals surface area contributed by atoms with Gasteiger partial charge in [0.15, 0.2) is 0 Å². The van der Waals surface area contributed by atoms with Gasteiger partial charge < -0.3 is 9.30 Å². The lowest BCUT2D eigenvalue weighted by atomic mass is 9.60. The number of unbranched alkanes of at least 4 members (excludes halogenated alkanes) is 6. The zero-order valence-corrected chi connectivity index (χ0v) is 22.7. The van der Waals surface area contributed by atoms with Gasteiger partial charge in [0.1, 0.15) is 5.75 Å². The van der Waals surface area contributed by atoms with Gasteiger partial charge in [0.25, 0.3) is 0 Å². The van der Waals surface area contributed by atoms with Crippen LogP contribution in [0, 0.1) is 23.2 Å². The van der Waals surface area contributed by atoms with Crippen molar-refractivity contribution in [3.63, 3.8) is 0 Å². The van der Waals surface area contributed by atoms with E-state index < -0.39 is 0 Å². The molecule has 0 bridgehead atoms. The van der Waals surface area contributed by atoms with Gasteiger partial charge in [-0.3, -0.25) is 0 Å². The first-order chi connectivity index (χ1) is 14.8. The summed E-state index contributed by atoms with van der Waals surface area (Å²) in [5.74, 6) is 3.24. The normalized spacial score (nSPS) is 12.6. The molecule has 31 heavy (non-hydrogen) atoms. The highest BCUT2D eigenvalue weighted by atomic mass is 79.9. The molecule has 1 aromatic carbocycles. The molecule has 2 rings (SSSR count). The smallest absolute Gasteiger partial charge is 0.143 e. The quantitative estimate of drug-likeness (QED) is 0.240. The van der Waals surface area contributed by atoms with Crippen molar-refractivity contribution in [2.24, 2.45) is 23.2 Å². The molecule has 2 aromatic rings. The Labute approximate surface area is 200 Å². The van der Waals surface area contributed by atoms with Crippen LogP contribution in [0.2, 0.25) is 0 Å². The Morgan fingerprint density at radius 2 is 1.35 bits per heavy atom. The summed E-state index contributed by atoms with van der Waals surface area (Å²) in [7, 11) is 1.76. The lowest BCUT2D eigenvalue weighted by Gasteiger charge is -2.45. The standard InChI is InChI=1S/C28H46BrNO/c1-21(2)28(22(3)4,23(5)6)18-13-11-9-8-10-12-14-19-30-20-17-24-25(29)15-16-26(31-7)27(24)30/h15-17,20-23H,8-14,18-19H2,1-7H3. The van der Waals surface area contributed by atoms with Gasteiger partial charge >= 0.3 is 0 Å². The van der Waals surface area contributed by atoms with E-state index >= 15 is 0 Å². The van der Waals surface area contributed by atoms with E-state index in [1.165, 1.54) is 62.3 Å². The number of ether oxygens (including phenoxy) is 1. The minimum absolute atomic E-state index is 0.496. The molecule has 3 heteroatoms. The summed E-state index contributed by atoms with van der Waals surface area (Å²) < 4.78 is 9.08. The van der Waals surface area contributed by atoms with E-state index in [4.69, 9.17) is 4.74 Å². The van der Waals surface area contributed by atoms with Crippen LogP contribution in [0.3, 0.4) is 0 Å². The highest BCUT2D eigenvalue weighted by Crippen LogP contribution is 2.47. The minimum atomic E-state index is 0.496. The van der Waals surface area contributed by atoms with E-state index in [1.807, 2.05) is 0 Å². The minimum Gasteiger partial charge on any atom is -0.495 e. The Morgan fingerprint density at radius 3 is 1.90 bits per heavy atom. The van der Waals surface area contributed by atoms with Gasteiger partial charge in [0.2, 0.25) is 0 Å². The number of halogens is 1. The molecule has 0 aliphatic carbocycles. The summed E-state index contributed by atoms with van der Waals surface area (Å²) in [6.07, 6.45) is 13.0. The predicted molar refractivity (Wildman–Crippen MR) is 140 cm³/mol.